The van der Waals surface area contributed by atoms with Crippen LogP contribution in [0, 0.1) is 11.3 Å². The van der Waals surface area contributed by atoms with E-state index in [1.165, 1.54) is 6.07 Å². The van der Waals surface area contributed by atoms with E-state index >= 15 is 0 Å². The van der Waals surface area contributed by atoms with Crippen molar-refractivity contribution in [1.82, 2.24) is 10.2 Å². The average Bonchev–Trinajstić information content (AvgIpc) is 3.24. The molecule has 3 fully saturated rings. The molecule has 170 valence electrons. The molecule has 3 aliphatic heterocycles. The number of hydrogen-bond acceptors (Lipinski definition) is 4. The number of halogens is 3. The maximum Gasteiger partial charge on any atom is 0.416 e. The summed E-state index contributed by atoms with van der Waals surface area (Å²) in [4.78, 5) is 15.2. The lowest BCUT2D eigenvalue weighted by Gasteiger charge is -2.37. The first-order chi connectivity index (χ1) is 14.7. The lowest BCUT2D eigenvalue weighted by atomic mass is 9.72. The number of carbonyl (C=O) groups is 1. The third-order valence-corrected chi connectivity index (χ3v) is 8.13. The largest absolute Gasteiger partial charge is 0.416 e. The van der Waals surface area contributed by atoms with Crippen LogP contribution in [0.5, 0.6) is 0 Å². The standard InChI is InChI=1S/C23H29F3N2O3/c1-13-19-20(29)18-3-2-15(23(24,25)26)10-14(18)12-28(19)21(30)22(13)7-4-17(11-22)27-16-5-8-31-9-6-16/h2-3,10,13,16-17,19-20,27,29H,4-9,11-12H2,1H3/t13?,17-,19?,20?,22+/m1/s1. The number of rotatable bonds is 2. The summed E-state index contributed by atoms with van der Waals surface area (Å²) in [5, 5.41) is 14.8. The molecule has 0 radical (unpaired) electrons. The Morgan fingerprint density at radius 2 is 1.94 bits per heavy atom. The van der Waals surface area contributed by atoms with Crippen LogP contribution in [0.2, 0.25) is 0 Å². The first-order valence-electron chi connectivity index (χ1n) is 11.2. The Morgan fingerprint density at radius 1 is 1.19 bits per heavy atom. The van der Waals surface area contributed by atoms with Gasteiger partial charge in [0, 0.05) is 31.8 Å². The van der Waals surface area contributed by atoms with Crippen LogP contribution < -0.4 is 5.32 Å². The summed E-state index contributed by atoms with van der Waals surface area (Å²) in [5.41, 5.74) is -0.386. The maximum atomic E-state index is 13.6. The zero-order valence-electron chi connectivity index (χ0n) is 17.6. The van der Waals surface area contributed by atoms with Gasteiger partial charge in [-0.3, -0.25) is 4.79 Å². The van der Waals surface area contributed by atoms with Crippen molar-refractivity contribution in [2.75, 3.05) is 13.2 Å². The number of alkyl halides is 3. The molecule has 1 aliphatic carbocycles. The molecule has 1 amide bonds. The first-order valence-corrected chi connectivity index (χ1v) is 11.2. The second kappa shape index (κ2) is 7.46. The van der Waals surface area contributed by atoms with Gasteiger partial charge in [0.25, 0.3) is 0 Å². The van der Waals surface area contributed by atoms with Crippen LogP contribution in [-0.2, 0) is 22.3 Å². The minimum atomic E-state index is -4.45. The number of aliphatic hydroxyl groups excluding tert-OH is 1. The molecule has 0 bridgehead atoms. The predicted molar refractivity (Wildman–Crippen MR) is 107 cm³/mol. The number of fused-ring (bicyclic) bond motifs is 2. The minimum absolute atomic E-state index is 0.0108. The highest BCUT2D eigenvalue weighted by atomic mass is 19.4. The molecule has 8 heteroatoms. The molecule has 2 N–H and O–H groups in total. The molecular weight excluding hydrogens is 409 g/mol. The second-order valence-corrected chi connectivity index (χ2v) is 9.72. The lowest BCUT2D eigenvalue weighted by Crippen LogP contribution is -2.43. The Bertz CT molecular complexity index is 870. The van der Waals surface area contributed by atoms with Crippen LogP contribution >= 0.6 is 0 Å². The van der Waals surface area contributed by atoms with Gasteiger partial charge in [0.05, 0.1) is 17.0 Å². The van der Waals surface area contributed by atoms with Gasteiger partial charge in [0.2, 0.25) is 5.91 Å². The maximum absolute atomic E-state index is 13.6. The van der Waals surface area contributed by atoms with Crippen LogP contribution in [0.4, 0.5) is 13.2 Å². The fourth-order valence-corrected chi connectivity index (χ4v) is 6.43. The van der Waals surface area contributed by atoms with Gasteiger partial charge in [-0.15, -0.1) is 0 Å². The number of hydrogen-bond donors (Lipinski definition) is 2. The molecular formula is C23H29F3N2O3. The van der Waals surface area contributed by atoms with Gasteiger partial charge in [-0.05, 0) is 61.3 Å². The van der Waals surface area contributed by atoms with Gasteiger partial charge in [-0.1, -0.05) is 13.0 Å². The number of nitrogens with zero attached hydrogens (tertiary/aromatic N) is 1. The van der Waals surface area contributed by atoms with Crippen LogP contribution in [0.15, 0.2) is 18.2 Å². The van der Waals surface area contributed by atoms with E-state index in [1.807, 2.05) is 6.92 Å². The highest BCUT2D eigenvalue weighted by Crippen LogP contribution is 2.56. The summed E-state index contributed by atoms with van der Waals surface area (Å²) in [6.45, 7) is 3.66. The zero-order chi connectivity index (χ0) is 22.0. The van der Waals surface area contributed by atoms with Crippen molar-refractivity contribution in [2.45, 2.75) is 76.0 Å². The normalized spacial score (nSPS) is 36.2. The van der Waals surface area contributed by atoms with E-state index in [0.717, 1.165) is 51.0 Å². The average molecular weight is 438 g/mol. The lowest BCUT2D eigenvalue weighted by molar-refractivity contribution is -0.139. The topological polar surface area (TPSA) is 61.8 Å². The molecule has 3 heterocycles. The van der Waals surface area contributed by atoms with Gasteiger partial charge < -0.3 is 20.1 Å². The van der Waals surface area contributed by atoms with Gasteiger partial charge in [0.1, 0.15) is 6.10 Å². The molecule has 4 aliphatic rings. The van der Waals surface area contributed by atoms with E-state index in [4.69, 9.17) is 4.74 Å². The number of aliphatic hydroxyl groups is 1. The van der Waals surface area contributed by atoms with Crippen molar-refractivity contribution in [1.29, 1.82) is 0 Å². The van der Waals surface area contributed by atoms with Crippen molar-refractivity contribution in [3.8, 4) is 0 Å². The van der Waals surface area contributed by atoms with E-state index in [-0.39, 0.29) is 24.4 Å². The van der Waals surface area contributed by atoms with Crippen LogP contribution in [-0.4, -0.2) is 47.3 Å². The number of ether oxygens (including phenoxy) is 1. The van der Waals surface area contributed by atoms with E-state index in [0.29, 0.717) is 23.6 Å². The van der Waals surface area contributed by atoms with Gasteiger partial charge >= 0.3 is 6.18 Å². The monoisotopic (exact) mass is 438 g/mol. The summed E-state index contributed by atoms with van der Waals surface area (Å²) in [5.74, 6) is -0.0738. The molecule has 5 rings (SSSR count). The van der Waals surface area contributed by atoms with Gasteiger partial charge in [-0.25, -0.2) is 0 Å². The first kappa shape index (κ1) is 21.2. The number of benzene rings is 1. The Hall–Kier alpha value is -1.64. The summed E-state index contributed by atoms with van der Waals surface area (Å²) >= 11 is 0. The Kier molecular flexibility index (Phi) is 5.10. The molecule has 5 atom stereocenters. The molecule has 3 unspecified atom stereocenters. The SMILES string of the molecule is CC1C2C(O)c3ccc(C(F)(F)F)cc3CN2C(=O)[C@]12CC[C@@H](NC1CCOCC1)C2. The predicted octanol–water partition coefficient (Wildman–Crippen LogP) is 3.41. The fourth-order valence-electron chi connectivity index (χ4n) is 6.43. The summed E-state index contributed by atoms with van der Waals surface area (Å²) < 4.78 is 45.0. The second-order valence-electron chi connectivity index (χ2n) is 9.72. The van der Waals surface area contributed by atoms with Crippen molar-refractivity contribution < 1.29 is 27.8 Å². The third kappa shape index (κ3) is 3.38. The molecule has 31 heavy (non-hydrogen) atoms. The minimum Gasteiger partial charge on any atom is -0.386 e. The Balaban J connectivity index is 1.38. The highest BCUT2D eigenvalue weighted by Gasteiger charge is 2.62. The van der Waals surface area contributed by atoms with Crippen molar-refractivity contribution in [3.05, 3.63) is 34.9 Å². The van der Waals surface area contributed by atoms with Crippen molar-refractivity contribution in [2.24, 2.45) is 11.3 Å². The molecule has 0 aromatic heterocycles. The van der Waals surface area contributed by atoms with Gasteiger partial charge in [-0.2, -0.15) is 13.2 Å². The quantitative estimate of drug-likeness (QED) is 0.743. The Morgan fingerprint density at radius 3 is 2.65 bits per heavy atom. The number of nitrogens with one attached hydrogen (secondary N) is 1. The number of carbonyl (C=O) groups excluding carboxylic acids is 1. The van der Waals surface area contributed by atoms with E-state index in [9.17, 15) is 23.1 Å². The van der Waals surface area contributed by atoms with E-state index in [2.05, 4.69) is 5.32 Å². The fraction of sp³-hybridized carbons (Fsp3) is 0.696. The molecule has 5 nitrogen and oxygen atoms in total. The zero-order valence-corrected chi connectivity index (χ0v) is 17.6. The summed E-state index contributed by atoms with van der Waals surface area (Å²) in [6.07, 6.45) is -1.11. The summed E-state index contributed by atoms with van der Waals surface area (Å²) in [6, 6.07) is 3.75. The van der Waals surface area contributed by atoms with Crippen LogP contribution in [0.1, 0.15) is 61.8 Å². The summed E-state index contributed by atoms with van der Waals surface area (Å²) in [7, 11) is 0. The van der Waals surface area contributed by atoms with Crippen LogP contribution in [0.25, 0.3) is 0 Å². The molecule has 2 saturated heterocycles. The highest BCUT2D eigenvalue weighted by molar-refractivity contribution is 5.87. The molecule has 1 spiro atoms. The van der Waals surface area contributed by atoms with Crippen LogP contribution in [0.3, 0.4) is 0 Å². The third-order valence-electron chi connectivity index (χ3n) is 8.13. The Labute approximate surface area is 179 Å². The molecule has 1 aromatic rings. The van der Waals surface area contributed by atoms with E-state index in [1.54, 1.807) is 4.90 Å². The van der Waals surface area contributed by atoms with Crippen molar-refractivity contribution >= 4 is 5.91 Å². The molecule has 1 aromatic carbocycles. The van der Waals surface area contributed by atoms with Crippen molar-refractivity contribution in [3.63, 3.8) is 0 Å². The number of amides is 1. The smallest absolute Gasteiger partial charge is 0.386 e. The molecule has 1 saturated carbocycles. The van der Waals surface area contributed by atoms with Gasteiger partial charge in [0.15, 0.2) is 0 Å². The van der Waals surface area contributed by atoms with E-state index < -0.39 is 29.3 Å².